The second-order valence-corrected chi connectivity index (χ2v) is 7.30. The Kier molecular flexibility index (Phi) is 2.83. The lowest BCUT2D eigenvalue weighted by Gasteiger charge is -1.85. The van der Waals surface area contributed by atoms with Gasteiger partial charge in [0.1, 0.15) is 9.20 Å². The molecule has 0 rings (SSSR count). The van der Waals surface area contributed by atoms with Crippen LogP contribution in [0.5, 0.6) is 0 Å². The molecule has 3 heteroatoms. The molecular weight excluding hydrogens is 94.2 g/mol. The third-order valence-corrected chi connectivity index (χ3v) is 2.60. The highest BCUT2D eigenvalue weighted by atomic mass is 29.2. The Labute approximate surface area is 36.9 Å². The van der Waals surface area contributed by atoms with E-state index in [1.54, 1.807) is 0 Å². The first-order chi connectivity index (χ1) is 2.27. The van der Waals surface area contributed by atoms with Gasteiger partial charge in [-0.25, -0.2) is 0 Å². The van der Waals surface area contributed by atoms with Gasteiger partial charge in [0.05, 0.1) is 0 Å². The molecule has 0 aromatic carbocycles. The van der Waals surface area contributed by atoms with Gasteiger partial charge in [0, 0.05) is 8.31 Å². The van der Waals surface area contributed by atoms with Crippen molar-refractivity contribution in [2.45, 2.75) is 13.1 Å². The first kappa shape index (κ1) is 5.39. The van der Waals surface area contributed by atoms with Crippen molar-refractivity contribution >= 4 is 17.5 Å². The fraction of sp³-hybridized carbons (Fsp3) is 1.00. The molecule has 5 heavy (non-hydrogen) atoms. The van der Waals surface area contributed by atoms with Gasteiger partial charge < -0.3 is 5.40 Å². The van der Waals surface area contributed by atoms with Crippen LogP contribution in [0, 0.1) is 0 Å². The first-order valence-corrected chi connectivity index (χ1v) is 6.12. The number of hydrogen-bond acceptors (Lipinski definition) is 1. The van der Waals surface area contributed by atoms with Crippen molar-refractivity contribution in [3.8, 4) is 0 Å². The highest BCUT2D eigenvalue weighted by Crippen LogP contribution is 1.64. The van der Waals surface area contributed by atoms with Gasteiger partial charge in [-0.2, -0.15) is 0 Å². The fourth-order valence-corrected chi connectivity index (χ4v) is 0. The van der Waals surface area contributed by atoms with Gasteiger partial charge >= 0.3 is 0 Å². The van der Waals surface area contributed by atoms with Gasteiger partial charge in [-0.1, -0.05) is 13.1 Å². The summed E-state index contributed by atoms with van der Waals surface area (Å²) in [6.45, 7) is 4.42. The van der Waals surface area contributed by atoms with Crippen molar-refractivity contribution in [3.05, 3.63) is 0 Å². The quantitative estimate of drug-likeness (QED) is 0.457. The average Bonchev–Trinajstić information content (AvgIpc) is 1.38. The third-order valence-electron chi connectivity index (χ3n) is 0.289. The summed E-state index contributed by atoms with van der Waals surface area (Å²) in [5.74, 6) is 0. The van der Waals surface area contributed by atoms with E-state index in [2.05, 4.69) is 13.1 Å². The molecule has 0 fully saturated rings. The topological polar surface area (TPSA) is 26.0 Å². The molecule has 0 aromatic rings. The Balaban J connectivity index is 2.54. The van der Waals surface area contributed by atoms with Crippen molar-refractivity contribution in [1.29, 1.82) is 0 Å². The maximum atomic E-state index is 5.24. The number of rotatable bonds is 1. The molecule has 0 saturated carbocycles. The molecule has 0 aromatic heterocycles. The Bertz CT molecular complexity index is 21.6. The Morgan fingerprint density at radius 1 is 1.60 bits per heavy atom. The predicted molar refractivity (Wildman–Crippen MR) is 27.4 cm³/mol. The molecule has 0 aliphatic rings. The highest BCUT2D eigenvalue weighted by molar-refractivity contribution is 7.09. The molecule has 0 aliphatic carbocycles. The lowest BCUT2D eigenvalue weighted by atomic mass is 11.9. The first-order valence-electron chi connectivity index (χ1n) is 1.54. The molecule has 0 bridgehead atoms. The van der Waals surface area contributed by atoms with E-state index < -0.39 is 0 Å². The number of nitrogens with two attached hydrogens (primary N) is 1. The molecule has 3 radical (unpaired) electrons. The van der Waals surface area contributed by atoms with Crippen LogP contribution < -0.4 is 5.40 Å². The van der Waals surface area contributed by atoms with E-state index in [-0.39, 0.29) is 8.31 Å². The van der Waals surface area contributed by atoms with Crippen LogP contribution in [0.2, 0.25) is 13.1 Å². The van der Waals surface area contributed by atoms with Crippen molar-refractivity contribution in [3.63, 3.8) is 0 Å². The number of hydrogen-bond donors (Lipinski definition) is 1. The van der Waals surface area contributed by atoms with Crippen LogP contribution in [-0.2, 0) is 0 Å². The Morgan fingerprint density at radius 2 is 1.80 bits per heavy atom. The molecule has 0 unspecified atom stereocenters. The predicted octanol–water partition coefficient (Wildman–Crippen LogP) is -0.185. The summed E-state index contributed by atoms with van der Waals surface area (Å²) < 4.78 is 0. The lowest BCUT2D eigenvalue weighted by molar-refractivity contribution is 1.93. The van der Waals surface area contributed by atoms with E-state index in [1.165, 1.54) is 0 Å². The van der Waals surface area contributed by atoms with Crippen molar-refractivity contribution in [1.82, 2.24) is 0 Å². The van der Waals surface area contributed by atoms with Crippen molar-refractivity contribution in [2.24, 2.45) is 5.40 Å². The highest BCUT2D eigenvalue weighted by Gasteiger charge is 1.86. The minimum absolute atomic E-state index is 0.0684. The van der Waals surface area contributed by atoms with Gasteiger partial charge in [-0.3, -0.25) is 0 Å². The zero-order valence-electron chi connectivity index (χ0n) is 3.58. The maximum Gasteiger partial charge on any atom is 0.118 e. The maximum absolute atomic E-state index is 5.24. The smallest absolute Gasteiger partial charge is 0.118 e. The average molecular weight is 102 g/mol. The third kappa shape index (κ3) is 4.39. The van der Waals surface area contributed by atoms with Crippen LogP contribution in [0.4, 0.5) is 0 Å². The molecule has 0 saturated heterocycles. The van der Waals surface area contributed by atoms with E-state index in [4.69, 9.17) is 5.40 Å². The second-order valence-electron chi connectivity index (χ2n) is 1.14. The Hall–Kier alpha value is 0.394. The van der Waals surface area contributed by atoms with Gasteiger partial charge in [-0.05, 0) is 0 Å². The summed E-state index contributed by atoms with van der Waals surface area (Å²) in [6, 6.07) is 0. The normalized spacial score (nSPS) is 9.60. The van der Waals surface area contributed by atoms with Crippen LogP contribution in [-0.4, -0.2) is 17.5 Å². The summed E-state index contributed by atoms with van der Waals surface area (Å²) in [5.41, 5.74) is 0. The molecule has 0 atom stereocenters. The molecular formula is C2H8NSi2. The molecule has 29 valence electrons. The van der Waals surface area contributed by atoms with Crippen molar-refractivity contribution < 1.29 is 0 Å². The standard InChI is InChI=1S/C2H8NSi2/c1-5(2)4-3/h3H2,1-2H3. The van der Waals surface area contributed by atoms with Gasteiger partial charge in [0.2, 0.25) is 0 Å². The van der Waals surface area contributed by atoms with E-state index in [1.807, 2.05) is 0 Å². The second kappa shape index (κ2) is 2.62. The molecule has 2 N–H and O–H groups in total. The zero-order valence-corrected chi connectivity index (χ0v) is 5.58. The van der Waals surface area contributed by atoms with Crippen LogP contribution in [0.1, 0.15) is 0 Å². The van der Waals surface area contributed by atoms with Crippen LogP contribution in [0.15, 0.2) is 0 Å². The molecule has 0 aliphatic heterocycles. The SMILES string of the molecule is C[Si](C)[Si]N. The van der Waals surface area contributed by atoms with E-state index >= 15 is 0 Å². The molecule has 0 amide bonds. The van der Waals surface area contributed by atoms with E-state index in [0.29, 0.717) is 9.20 Å². The molecule has 0 spiro atoms. The minimum Gasteiger partial charge on any atom is -0.355 e. The van der Waals surface area contributed by atoms with Crippen LogP contribution in [0.3, 0.4) is 0 Å². The van der Waals surface area contributed by atoms with E-state index in [0.717, 1.165) is 0 Å². The van der Waals surface area contributed by atoms with Crippen molar-refractivity contribution in [2.75, 3.05) is 0 Å². The summed E-state index contributed by atoms with van der Waals surface area (Å²) in [6.07, 6.45) is 0. The summed E-state index contributed by atoms with van der Waals surface area (Å²) in [4.78, 5) is 0. The zero-order chi connectivity index (χ0) is 4.28. The van der Waals surface area contributed by atoms with Crippen LogP contribution >= 0.6 is 0 Å². The fourth-order valence-electron chi connectivity index (χ4n) is 0. The molecule has 0 heterocycles. The molecule has 1 nitrogen and oxygen atoms in total. The van der Waals surface area contributed by atoms with Gasteiger partial charge in [0.25, 0.3) is 0 Å². The Morgan fingerprint density at radius 3 is 1.80 bits per heavy atom. The van der Waals surface area contributed by atoms with E-state index in [9.17, 15) is 0 Å². The van der Waals surface area contributed by atoms with Gasteiger partial charge in [-0.15, -0.1) is 0 Å². The summed E-state index contributed by atoms with van der Waals surface area (Å²) in [7, 11) is 0.648. The van der Waals surface area contributed by atoms with Gasteiger partial charge in [0.15, 0.2) is 0 Å². The lowest BCUT2D eigenvalue weighted by Crippen LogP contribution is -2.21. The van der Waals surface area contributed by atoms with Crippen LogP contribution in [0.25, 0.3) is 0 Å². The summed E-state index contributed by atoms with van der Waals surface area (Å²) >= 11 is 0. The summed E-state index contributed by atoms with van der Waals surface area (Å²) in [5, 5.41) is 5.24. The monoisotopic (exact) mass is 102 g/mol. The minimum atomic E-state index is -0.0684. The largest absolute Gasteiger partial charge is 0.355 e.